The predicted octanol–water partition coefficient (Wildman–Crippen LogP) is 0.948. The van der Waals surface area contributed by atoms with E-state index < -0.39 is 33.8 Å². The third-order valence-electron chi connectivity index (χ3n) is 4.32. The molecule has 1 amide bonds. The summed E-state index contributed by atoms with van der Waals surface area (Å²) >= 11 is 0. The van der Waals surface area contributed by atoms with Gasteiger partial charge in [0.1, 0.15) is 5.69 Å². The van der Waals surface area contributed by atoms with Gasteiger partial charge in [0, 0.05) is 25.1 Å². The van der Waals surface area contributed by atoms with Gasteiger partial charge in [-0.25, -0.2) is 13.2 Å². The van der Waals surface area contributed by atoms with Crippen LogP contribution in [0.3, 0.4) is 0 Å². The van der Waals surface area contributed by atoms with E-state index in [0.29, 0.717) is 0 Å². The zero-order valence-corrected chi connectivity index (χ0v) is 16.2. The lowest BCUT2D eigenvalue weighted by Gasteiger charge is -2.26. The molecule has 13 heteroatoms. The number of nitrogens with one attached hydrogen (secondary N) is 2. The molecular weight excluding hydrogens is 429 g/mol. The number of sulfonamides is 1. The number of amides is 1. The van der Waals surface area contributed by atoms with E-state index in [1.54, 1.807) is 0 Å². The fourth-order valence-electron chi connectivity index (χ4n) is 2.84. The van der Waals surface area contributed by atoms with Crippen molar-refractivity contribution in [3.8, 4) is 0 Å². The summed E-state index contributed by atoms with van der Waals surface area (Å²) in [4.78, 5) is 23.5. The van der Waals surface area contributed by atoms with Crippen LogP contribution in [0.15, 0.2) is 35.4 Å². The number of halogens is 3. The van der Waals surface area contributed by atoms with Crippen LogP contribution in [0.2, 0.25) is 0 Å². The number of hydrogen-bond donors (Lipinski definition) is 2. The van der Waals surface area contributed by atoms with Crippen molar-refractivity contribution in [2.24, 2.45) is 0 Å². The summed E-state index contributed by atoms with van der Waals surface area (Å²) in [5, 5.41) is 7.72. The van der Waals surface area contributed by atoms with E-state index in [9.17, 15) is 31.2 Å². The highest BCUT2D eigenvalue weighted by atomic mass is 32.2. The largest absolute Gasteiger partial charge is 0.462 e. The third kappa shape index (κ3) is 4.79. The number of ether oxygens (including phenoxy) is 1. The summed E-state index contributed by atoms with van der Waals surface area (Å²) in [6.07, 6.45) is -3.83. The molecule has 2 aromatic rings. The lowest BCUT2D eigenvalue weighted by Crippen LogP contribution is -2.49. The molecule has 1 aromatic carbocycles. The van der Waals surface area contributed by atoms with Gasteiger partial charge in [-0.05, 0) is 18.2 Å². The fraction of sp³-hybridized carbons (Fsp3) is 0.353. The standard InChI is InChI=1S/C17H17F3N4O5S/c18-17(19,20)15-12(9-22-23-15)4-7-29-16(26)11-2-1-3-13(8-11)30(27,28)24-6-5-21-14(25)10-24/h1-3,8-9H,4-7,10H2,(H,21,25)(H,22,23). The number of H-pyrrole nitrogens is 1. The van der Waals surface area contributed by atoms with E-state index in [4.69, 9.17) is 4.74 Å². The molecule has 0 unspecified atom stereocenters. The second-order valence-electron chi connectivity index (χ2n) is 6.37. The molecule has 1 aliphatic rings. The molecule has 0 bridgehead atoms. The maximum atomic E-state index is 12.8. The SMILES string of the molecule is O=C1CN(S(=O)(=O)c2cccc(C(=O)OCCc3cn[nH]c3C(F)(F)F)c2)CCN1. The highest BCUT2D eigenvalue weighted by molar-refractivity contribution is 7.89. The highest BCUT2D eigenvalue weighted by Crippen LogP contribution is 2.30. The van der Waals surface area contributed by atoms with Crippen LogP contribution >= 0.6 is 0 Å². The Kier molecular flexibility index (Phi) is 6.12. The molecule has 162 valence electrons. The monoisotopic (exact) mass is 446 g/mol. The molecule has 1 aliphatic heterocycles. The second kappa shape index (κ2) is 8.44. The van der Waals surface area contributed by atoms with Gasteiger partial charge in [0.25, 0.3) is 0 Å². The molecule has 1 fully saturated rings. The summed E-state index contributed by atoms with van der Waals surface area (Å²) in [7, 11) is -4.00. The maximum Gasteiger partial charge on any atom is 0.433 e. The minimum Gasteiger partial charge on any atom is -0.462 e. The number of rotatable bonds is 6. The summed E-state index contributed by atoms with van der Waals surface area (Å²) in [5.41, 5.74) is -1.26. The predicted molar refractivity (Wildman–Crippen MR) is 95.8 cm³/mol. The van der Waals surface area contributed by atoms with Gasteiger partial charge in [0.2, 0.25) is 15.9 Å². The molecule has 0 radical (unpaired) electrons. The average Bonchev–Trinajstić information content (AvgIpc) is 3.17. The van der Waals surface area contributed by atoms with Gasteiger partial charge in [-0.15, -0.1) is 0 Å². The highest BCUT2D eigenvalue weighted by Gasteiger charge is 2.35. The number of nitrogens with zero attached hydrogens (tertiary/aromatic N) is 2. The van der Waals surface area contributed by atoms with Gasteiger partial charge in [-0.1, -0.05) is 6.07 Å². The summed E-state index contributed by atoms with van der Waals surface area (Å²) in [6, 6.07) is 5.04. The van der Waals surface area contributed by atoms with Gasteiger partial charge in [-0.2, -0.15) is 22.6 Å². The number of carbonyl (C=O) groups is 2. The van der Waals surface area contributed by atoms with Gasteiger partial charge in [-0.3, -0.25) is 9.89 Å². The van der Waals surface area contributed by atoms with Crippen LogP contribution in [0.4, 0.5) is 13.2 Å². The van der Waals surface area contributed by atoms with Crippen molar-refractivity contribution in [3.05, 3.63) is 47.3 Å². The molecule has 2 N–H and O–H groups in total. The van der Waals surface area contributed by atoms with Crippen molar-refractivity contribution in [2.75, 3.05) is 26.2 Å². The zero-order chi connectivity index (χ0) is 21.9. The van der Waals surface area contributed by atoms with Crippen LogP contribution in [0.5, 0.6) is 0 Å². The minimum absolute atomic E-state index is 0.0826. The Morgan fingerprint density at radius 2 is 2.07 bits per heavy atom. The molecule has 0 saturated carbocycles. The Labute approximate surface area is 169 Å². The Balaban J connectivity index is 1.66. The van der Waals surface area contributed by atoms with Crippen LogP contribution < -0.4 is 5.32 Å². The van der Waals surface area contributed by atoms with Crippen LogP contribution in [0.1, 0.15) is 21.6 Å². The smallest absolute Gasteiger partial charge is 0.433 e. The number of esters is 1. The number of piperazine rings is 1. The van der Waals surface area contributed by atoms with Crippen LogP contribution in [0, 0.1) is 0 Å². The maximum absolute atomic E-state index is 12.8. The number of aromatic nitrogens is 2. The topological polar surface area (TPSA) is 121 Å². The van der Waals surface area contributed by atoms with Gasteiger partial charge >= 0.3 is 12.1 Å². The molecular formula is C17H17F3N4O5S. The Hall–Kier alpha value is -2.93. The van der Waals surface area contributed by atoms with Crippen molar-refractivity contribution < 1.29 is 35.9 Å². The van der Waals surface area contributed by atoms with Crippen molar-refractivity contribution in [1.29, 1.82) is 0 Å². The first-order valence-electron chi connectivity index (χ1n) is 8.72. The normalized spacial score (nSPS) is 15.6. The lowest BCUT2D eigenvalue weighted by atomic mass is 10.2. The van der Waals surface area contributed by atoms with Gasteiger partial charge in [0.15, 0.2) is 0 Å². The second-order valence-corrected chi connectivity index (χ2v) is 8.31. The van der Waals surface area contributed by atoms with Gasteiger partial charge < -0.3 is 10.1 Å². The number of aromatic amines is 1. The Bertz CT molecular complexity index is 1050. The summed E-state index contributed by atoms with van der Waals surface area (Å²) < 4.78 is 69.7. The van der Waals surface area contributed by atoms with Crippen molar-refractivity contribution in [3.63, 3.8) is 0 Å². The first-order valence-corrected chi connectivity index (χ1v) is 10.2. The molecule has 1 saturated heterocycles. The third-order valence-corrected chi connectivity index (χ3v) is 6.16. The molecule has 0 atom stereocenters. The van der Waals surface area contributed by atoms with Crippen LogP contribution in [-0.4, -0.2) is 61.0 Å². The van der Waals surface area contributed by atoms with E-state index >= 15 is 0 Å². The molecule has 9 nitrogen and oxygen atoms in total. The summed E-state index contributed by atoms with van der Waals surface area (Å²) in [5.74, 6) is -1.32. The average molecular weight is 446 g/mol. The quantitative estimate of drug-likeness (QED) is 0.638. The zero-order valence-electron chi connectivity index (χ0n) is 15.4. The van der Waals surface area contributed by atoms with Crippen molar-refractivity contribution in [2.45, 2.75) is 17.5 Å². The number of hydrogen-bond acceptors (Lipinski definition) is 6. The van der Waals surface area contributed by atoms with Gasteiger partial charge in [0.05, 0.1) is 29.8 Å². The van der Waals surface area contributed by atoms with Crippen LogP contribution in [0.25, 0.3) is 0 Å². The first-order chi connectivity index (χ1) is 14.1. The van der Waals surface area contributed by atoms with E-state index in [1.807, 2.05) is 5.10 Å². The van der Waals surface area contributed by atoms with E-state index in [2.05, 4.69) is 10.4 Å². The minimum atomic E-state index is -4.61. The van der Waals surface area contributed by atoms with E-state index in [1.165, 1.54) is 18.2 Å². The molecule has 2 heterocycles. The number of benzene rings is 1. The lowest BCUT2D eigenvalue weighted by molar-refractivity contribution is -0.141. The fourth-order valence-corrected chi connectivity index (χ4v) is 4.28. The Morgan fingerprint density at radius 1 is 1.30 bits per heavy atom. The summed E-state index contributed by atoms with van der Waals surface area (Å²) in [6.45, 7) is -0.420. The van der Waals surface area contributed by atoms with Crippen LogP contribution in [-0.2, 0) is 32.2 Å². The van der Waals surface area contributed by atoms with Crippen molar-refractivity contribution >= 4 is 21.9 Å². The first kappa shape index (κ1) is 21.8. The Morgan fingerprint density at radius 3 is 2.77 bits per heavy atom. The van der Waals surface area contributed by atoms with E-state index in [0.717, 1.165) is 16.6 Å². The molecule has 0 spiro atoms. The molecule has 0 aliphatic carbocycles. The van der Waals surface area contributed by atoms with E-state index in [-0.39, 0.29) is 48.7 Å². The molecule has 3 rings (SSSR count). The number of carbonyl (C=O) groups excluding carboxylic acids is 2. The number of alkyl halides is 3. The molecule has 30 heavy (non-hydrogen) atoms. The molecule has 1 aromatic heterocycles. The van der Waals surface area contributed by atoms with Crippen molar-refractivity contribution in [1.82, 2.24) is 19.8 Å².